The molecule has 1 atom stereocenters. The van der Waals surface area contributed by atoms with Crippen molar-refractivity contribution in [3.63, 3.8) is 0 Å². The van der Waals surface area contributed by atoms with Crippen molar-refractivity contribution in [2.45, 2.75) is 44.3 Å². The van der Waals surface area contributed by atoms with Gasteiger partial charge in [0.05, 0.1) is 52.9 Å². The molecular weight excluding hydrogens is 465 g/mol. The summed E-state index contributed by atoms with van der Waals surface area (Å²) in [6, 6.07) is 4.43. The van der Waals surface area contributed by atoms with Crippen molar-refractivity contribution < 1.29 is 18.5 Å². The normalized spacial score (nSPS) is 14.6. The lowest BCUT2D eigenvalue weighted by Gasteiger charge is -2.22. The number of nitrogens with one attached hydrogen (secondary N) is 2. The molecule has 11 heteroatoms. The standard InChI is InChI=1S/C22H24FN5O3S2/c1-4-31-19-11-24-10-17(25-19)13-5-8-16(15(23)9-13)26-20(29)22(2,3)18-12-32-21(27-18)28-33(30)14-6-7-14/h5,8-12,14H,4,6-7H2,1-3H3,(H,26,29)(H,27,28). The summed E-state index contributed by atoms with van der Waals surface area (Å²) in [5.41, 5.74) is 0.510. The van der Waals surface area contributed by atoms with E-state index in [4.69, 9.17) is 4.74 Å². The van der Waals surface area contributed by atoms with Gasteiger partial charge >= 0.3 is 0 Å². The third-order valence-corrected chi connectivity index (χ3v) is 7.50. The summed E-state index contributed by atoms with van der Waals surface area (Å²) in [5, 5.41) is 5.07. The van der Waals surface area contributed by atoms with Crippen LogP contribution in [0.5, 0.6) is 5.88 Å². The zero-order chi connectivity index (χ0) is 23.6. The predicted octanol–water partition coefficient (Wildman–Crippen LogP) is 4.29. The third-order valence-electron chi connectivity index (χ3n) is 5.14. The fourth-order valence-corrected chi connectivity index (χ4v) is 5.04. The highest BCUT2D eigenvalue weighted by molar-refractivity contribution is 7.93. The zero-order valence-corrected chi connectivity index (χ0v) is 20.1. The molecule has 33 heavy (non-hydrogen) atoms. The average molecular weight is 490 g/mol. The van der Waals surface area contributed by atoms with Gasteiger partial charge in [-0.3, -0.25) is 9.78 Å². The Balaban J connectivity index is 1.46. The summed E-state index contributed by atoms with van der Waals surface area (Å²) in [7, 11) is 0. The largest absolute Gasteiger partial charge is 0.593 e. The third kappa shape index (κ3) is 5.43. The second-order valence-electron chi connectivity index (χ2n) is 8.09. The van der Waals surface area contributed by atoms with Crippen LogP contribution in [0.4, 0.5) is 15.2 Å². The first kappa shape index (κ1) is 23.4. The highest BCUT2D eigenvalue weighted by Gasteiger charge is 2.37. The van der Waals surface area contributed by atoms with Gasteiger partial charge in [0.25, 0.3) is 0 Å². The molecule has 174 valence electrons. The van der Waals surface area contributed by atoms with Gasteiger partial charge in [0.2, 0.25) is 16.9 Å². The Morgan fingerprint density at radius 2 is 2.12 bits per heavy atom. The maximum absolute atomic E-state index is 14.8. The van der Waals surface area contributed by atoms with Crippen molar-refractivity contribution in [3.8, 4) is 17.1 Å². The Labute approximate surface area is 198 Å². The van der Waals surface area contributed by atoms with Gasteiger partial charge in [-0.25, -0.2) is 14.4 Å². The van der Waals surface area contributed by atoms with E-state index in [2.05, 4.69) is 25.0 Å². The summed E-state index contributed by atoms with van der Waals surface area (Å²) in [6.07, 6.45) is 4.90. The molecule has 0 bridgehead atoms. The van der Waals surface area contributed by atoms with E-state index in [1.54, 1.807) is 25.3 Å². The van der Waals surface area contributed by atoms with Crippen LogP contribution in [0.2, 0.25) is 0 Å². The van der Waals surface area contributed by atoms with Gasteiger partial charge in [-0.15, -0.1) is 11.3 Å². The lowest BCUT2D eigenvalue weighted by atomic mass is 9.89. The fraction of sp³-hybridized carbons (Fsp3) is 0.364. The number of rotatable bonds is 9. The summed E-state index contributed by atoms with van der Waals surface area (Å²) < 4.78 is 35.1. The van der Waals surface area contributed by atoms with Crippen LogP contribution >= 0.6 is 11.3 Å². The van der Waals surface area contributed by atoms with Crippen molar-refractivity contribution in [3.05, 3.63) is 47.5 Å². The minimum atomic E-state index is -1.16. The van der Waals surface area contributed by atoms with Gasteiger partial charge in [-0.2, -0.15) is 4.72 Å². The molecule has 1 fully saturated rings. The first-order valence-electron chi connectivity index (χ1n) is 10.5. The quantitative estimate of drug-likeness (QED) is 0.431. The number of amides is 1. The molecule has 1 amide bonds. The number of halogens is 1. The Bertz CT molecular complexity index is 1150. The molecule has 8 nitrogen and oxygen atoms in total. The molecule has 0 aliphatic heterocycles. The molecule has 2 N–H and O–H groups in total. The van der Waals surface area contributed by atoms with E-state index >= 15 is 0 Å². The monoisotopic (exact) mass is 489 g/mol. The van der Waals surface area contributed by atoms with E-state index in [9.17, 15) is 13.7 Å². The summed E-state index contributed by atoms with van der Waals surface area (Å²) >= 11 is 0.127. The highest BCUT2D eigenvalue weighted by Crippen LogP contribution is 2.33. The van der Waals surface area contributed by atoms with Gasteiger partial charge in [-0.05, 0) is 32.9 Å². The van der Waals surface area contributed by atoms with Crippen molar-refractivity contribution >= 4 is 39.4 Å². The second-order valence-corrected chi connectivity index (χ2v) is 10.4. The molecule has 0 spiro atoms. The molecule has 0 radical (unpaired) electrons. The van der Waals surface area contributed by atoms with E-state index in [-0.39, 0.29) is 10.9 Å². The van der Waals surface area contributed by atoms with Crippen LogP contribution in [-0.4, -0.2) is 37.3 Å². The van der Waals surface area contributed by atoms with Crippen molar-refractivity contribution in [1.29, 1.82) is 0 Å². The van der Waals surface area contributed by atoms with Crippen LogP contribution in [0.3, 0.4) is 0 Å². The molecular formula is C22H24FN5O3S2. The van der Waals surface area contributed by atoms with Crippen LogP contribution in [0.25, 0.3) is 11.3 Å². The van der Waals surface area contributed by atoms with Gasteiger partial charge in [0.15, 0.2) is 0 Å². The summed E-state index contributed by atoms with van der Waals surface area (Å²) in [4.78, 5) is 25.8. The molecule has 4 rings (SSSR count). The summed E-state index contributed by atoms with van der Waals surface area (Å²) in [6.45, 7) is 5.70. The Morgan fingerprint density at radius 3 is 2.82 bits per heavy atom. The lowest BCUT2D eigenvalue weighted by Crippen LogP contribution is -2.35. The SMILES string of the molecule is CCOc1cncc(-c2ccc(NC(=O)C(C)(C)c3csc(N[S+]([O-])C4CC4)n3)c(F)c2)n1. The first-order chi connectivity index (χ1) is 15.8. The van der Waals surface area contributed by atoms with E-state index in [1.165, 1.54) is 35.9 Å². The van der Waals surface area contributed by atoms with Crippen molar-refractivity contribution in [2.24, 2.45) is 0 Å². The van der Waals surface area contributed by atoms with Crippen LogP contribution < -0.4 is 14.8 Å². The Morgan fingerprint density at radius 1 is 1.33 bits per heavy atom. The van der Waals surface area contributed by atoms with Crippen molar-refractivity contribution in [2.75, 3.05) is 16.6 Å². The average Bonchev–Trinajstić information content (AvgIpc) is 3.54. The Kier molecular flexibility index (Phi) is 6.82. The van der Waals surface area contributed by atoms with Gasteiger partial charge in [-0.1, -0.05) is 6.07 Å². The predicted molar refractivity (Wildman–Crippen MR) is 127 cm³/mol. The first-order valence-corrected chi connectivity index (χ1v) is 12.6. The van der Waals surface area contributed by atoms with Gasteiger partial charge in [0, 0.05) is 23.8 Å². The molecule has 1 saturated carbocycles. The van der Waals surface area contributed by atoms with Gasteiger partial charge in [0.1, 0.15) is 11.1 Å². The minimum absolute atomic E-state index is 0.0502. The number of carbonyl (C=O) groups is 1. The molecule has 0 saturated heterocycles. The van der Waals surface area contributed by atoms with E-state index in [0.29, 0.717) is 34.6 Å². The van der Waals surface area contributed by atoms with Gasteiger partial charge < -0.3 is 14.6 Å². The van der Waals surface area contributed by atoms with E-state index in [0.717, 1.165) is 12.8 Å². The number of benzene rings is 1. The maximum atomic E-state index is 14.8. The van der Waals surface area contributed by atoms with E-state index in [1.807, 2.05) is 6.92 Å². The molecule has 1 aliphatic rings. The zero-order valence-electron chi connectivity index (χ0n) is 18.4. The number of thiazole rings is 1. The van der Waals surface area contributed by atoms with Crippen LogP contribution in [0.15, 0.2) is 36.0 Å². The molecule has 1 aliphatic carbocycles. The molecule has 2 aromatic heterocycles. The number of carbonyl (C=O) groups excluding carboxylic acids is 1. The van der Waals surface area contributed by atoms with Crippen LogP contribution in [0.1, 0.15) is 39.3 Å². The number of hydrogen-bond acceptors (Lipinski definition) is 8. The molecule has 3 aromatic rings. The molecule has 1 unspecified atom stereocenters. The van der Waals surface area contributed by atoms with Crippen molar-refractivity contribution in [1.82, 2.24) is 15.0 Å². The summed E-state index contributed by atoms with van der Waals surface area (Å²) in [5.74, 6) is -0.652. The number of anilines is 2. The minimum Gasteiger partial charge on any atom is -0.593 e. The number of nitrogens with zero attached hydrogens (tertiary/aromatic N) is 3. The topological polar surface area (TPSA) is 112 Å². The number of hydrogen-bond donors (Lipinski definition) is 2. The molecule has 2 heterocycles. The number of ether oxygens (including phenoxy) is 1. The highest BCUT2D eigenvalue weighted by atomic mass is 32.2. The number of aromatic nitrogens is 3. The van der Waals surface area contributed by atoms with Crippen LogP contribution in [0, 0.1) is 5.82 Å². The molecule has 1 aromatic carbocycles. The Hall–Kier alpha value is -2.76. The lowest BCUT2D eigenvalue weighted by molar-refractivity contribution is -0.120. The second kappa shape index (κ2) is 9.62. The van der Waals surface area contributed by atoms with Crippen LogP contribution in [-0.2, 0) is 21.6 Å². The maximum Gasteiger partial charge on any atom is 0.236 e. The fourth-order valence-electron chi connectivity index (χ4n) is 2.93. The van der Waals surface area contributed by atoms with E-state index < -0.39 is 28.5 Å². The smallest absolute Gasteiger partial charge is 0.236 e.